The molecule has 1 saturated heterocycles. The Morgan fingerprint density at radius 2 is 2.28 bits per heavy atom. The third-order valence-electron chi connectivity index (χ3n) is 4.69. The number of H-pyrrole nitrogens is 1. The van der Waals surface area contributed by atoms with E-state index in [0.29, 0.717) is 22.5 Å². The van der Waals surface area contributed by atoms with E-state index in [1.807, 2.05) is 13.8 Å². The summed E-state index contributed by atoms with van der Waals surface area (Å²) in [5.41, 5.74) is 6.01. The third-order valence-corrected chi connectivity index (χ3v) is 5.84. The van der Waals surface area contributed by atoms with Gasteiger partial charge in [0.15, 0.2) is 18.2 Å². The molecule has 2 atom stereocenters. The lowest BCUT2D eigenvalue weighted by Gasteiger charge is -2.21. The van der Waals surface area contributed by atoms with Gasteiger partial charge < -0.3 is 20.2 Å². The van der Waals surface area contributed by atoms with Crippen molar-refractivity contribution in [2.45, 2.75) is 45.4 Å². The number of rotatable bonds is 5. The van der Waals surface area contributed by atoms with Gasteiger partial charge in [-0.1, -0.05) is 13.8 Å². The first-order valence-corrected chi connectivity index (χ1v) is 10.3. The van der Waals surface area contributed by atoms with Crippen molar-refractivity contribution in [2.24, 2.45) is 11.7 Å². The summed E-state index contributed by atoms with van der Waals surface area (Å²) < 4.78 is 11.3. The van der Waals surface area contributed by atoms with Crippen molar-refractivity contribution >= 4 is 27.6 Å². The molecule has 0 aliphatic carbocycles. The van der Waals surface area contributed by atoms with Gasteiger partial charge >= 0.3 is 6.09 Å². The van der Waals surface area contributed by atoms with Crippen LogP contribution in [0.1, 0.15) is 51.3 Å². The number of carbonyl (C=O) groups is 1. The van der Waals surface area contributed by atoms with Crippen molar-refractivity contribution in [1.29, 1.82) is 0 Å². The second-order valence-electron chi connectivity index (χ2n) is 7.25. The molecule has 1 fully saturated rings. The van der Waals surface area contributed by atoms with Crippen LogP contribution >= 0.6 is 11.3 Å². The molecule has 0 aromatic carbocycles. The lowest BCUT2D eigenvalue weighted by Crippen LogP contribution is -2.24. The van der Waals surface area contributed by atoms with Gasteiger partial charge in [-0.25, -0.2) is 9.78 Å². The lowest BCUT2D eigenvalue weighted by molar-refractivity contribution is -0.0479. The van der Waals surface area contributed by atoms with E-state index in [9.17, 15) is 9.59 Å². The lowest BCUT2D eigenvalue weighted by atomic mass is 10.1. The molecule has 29 heavy (non-hydrogen) atoms. The zero-order chi connectivity index (χ0) is 20.5. The molecule has 1 aliphatic heterocycles. The van der Waals surface area contributed by atoms with E-state index in [-0.39, 0.29) is 23.5 Å². The summed E-state index contributed by atoms with van der Waals surface area (Å²) >= 11 is 1.28. The molecule has 0 saturated carbocycles. The summed E-state index contributed by atoms with van der Waals surface area (Å²) in [6.45, 7) is 4.40. The molecule has 4 rings (SSSR count). The minimum absolute atomic E-state index is 0.114. The summed E-state index contributed by atoms with van der Waals surface area (Å²) in [6.07, 6.45) is 2.85. The molecule has 10 nitrogen and oxygen atoms in total. The van der Waals surface area contributed by atoms with Gasteiger partial charge in [0.2, 0.25) is 0 Å². The van der Waals surface area contributed by atoms with Crippen LogP contribution < -0.4 is 11.3 Å². The molecule has 0 radical (unpaired) electrons. The Morgan fingerprint density at radius 3 is 2.97 bits per heavy atom. The number of ether oxygens (including phenoxy) is 2. The standard InChI is InChI=1S/C18H22N6O4S/c1-9(2)14(28-18(19)26)16-21-10-7-12(29-15(10)17(25)22-16)11-8-20-24(23-11)13-5-3-4-6-27-13/h7-9,13-14H,3-6H2,1-2H3,(H2,19,26)(H,21,22,25). The molecule has 154 valence electrons. The number of nitrogens with two attached hydrogens (primary N) is 1. The molecule has 2 unspecified atom stereocenters. The van der Waals surface area contributed by atoms with Crippen LogP contribution in [-0.4, -0.2) is 37.7 Å². The highest BCUT2D eigenvalue weighted by Crippen LogP contribution is 2.31. The number of fused-ring (bicyclic) bond motifs is 1. The molecule has 3 aromatic heterocycles. The number of aromatic amines is 1. The van der Waals surface area contributed by atoms with Gasteiger partial charge in [0, 0.05) is 6.61 Å². The number of aromatic nitrogens is 5. The number of primary amides is 1. The van der Waals surface area contributed by atoms with Gasteiger partial charge in [0.05, 0.1) is 16.6 Å². The fourth-order valence-electron chi connectivity index (χ4n) is 3.29. The fourth-order valence-corrected chi connectivity index (χ4v) is 4.23. The predicted octanol–water partition coefficient (Wildman–Crippen LogP) is 2.73. The summed E-state index contributed by atoms with van der Waals surface area (Å²) in [4.78, 5) is 33.4. The van der Waals surface area contributed by atoms with Crippen molar-refractivity contribution in [1.82, 2.24) is 25.0 Å². The van der Waals surface area contributed by atoms with Crippen LogP contribution in [0.15, 0.2) is 17.1 Å². The predicted molar refractivity (Wildman–Crippen MR) is 106 cm³/mol. The maximum Gasteiger partial charge on any atom is 0.405 e. The van der Waals surface area contributed by atoms with E-state index in [4.69, 9.17) is 15.2 Å². The topological polar surface area (TPSA) is 138 Å². The average molecular weight is 418 g/mol. The van der Waals surface area contributed by atoms with Gasteiger partial charge in [-0.2, -0.15) is 9.90 Å². The minimum Gasteiger partial charge on any atom is -0.438 e. The Kier molecular flexibility index (Phi) is 5.33. The summed E-state index contributed by atoms with van der Waals surface area (Å²) in [5, 5.41) is 8.84. The number of nitrogens with one attached hydrogen (secondary N) is 1. The van der Waals surface area contributed by atoms with E-state index < -0.39 is 12.2 Å². The van der Waals surface area contributed by atoms with Crippen LogP contribution in [0.25, 0.3) is 20.8 Å². The molecular formula is C18H22N6O4S. The van der Waals surface area contributed by atoms with Gasteiger partial charge in [-0.3, -0.25) is 4.79 Å². The Bertz CT molecular complexity index is 1080. The SMILES string of the molecule is CC(C)C(OC(N)=O)c1nc2cc(-c3cnn(C4CCCCO4)n3)sc2c(=O)[nH]1. The minimum atomic E-state index is -0.918. The van der Waals surface area contributed by atoms with Crippen molar-refractivity contribution in [3.8, 4) is 10.6 Å². The smallest absolute Gasteiger partial charge is 0.405 e. The van der Waals surface area contributed by atoms with E-state index in [2.05, 4.69) is 20.2 Å². The highest BCUT2D eigenvalue weighted by Gasteiger charge is 2.24. The first-order valence-electron chi connectivity index (χ1n) is 9.46. The second-order valence-corrected chi connectivity index (χ2v) is 8.30. The largest absolute Gasteiger partial charge is 0.438 e. The van der Waals surface area contributed by atoms with Gasteiger partial charge in [0.1, 0.15) is 10.4 Å². The highest BCUT2D eigenvalue weighted by molar-refractivity contribution is 7.22. The zero-order valence-electron chi connectivity index (χ0n) is 16.1. The molecule has 3 N–H and O–H groups in total. The molecule has 1 aliphatic rings. The van der Waals surface area contributed by atoms with E-state index in [0.717, 1.165) is 24.1 Å². The van der Waals surface area contributed by atoms with Crippen LogP contribution in [0.4, 0.5) is 4.79 Å². The Balaban J connectivity index is 1.67. The van der Waals surface area contributed by atoms with Crippen LogP contribution in [0, 0.1) is 5.92 Å². The van der Waals surface area contributed by atoms with Crippen LogP contribution in [-0.2, 0) is 9.47 Å². The monoisotopic (exact) mass is 418 g/mol. The molecule has 4 heterocycles. The first-order chi connectivity index (χ1) is 13.9. The van der Waals surface area contributed by atoms with Crippen LogP contribution in [0.3, 0.4) is 0 Å². The summed E-state index contributed by atoms with van der Waals surface area (Å²) in [6, 6.07) is 1.79. The zero-order valence-corrected chi connectivity index (χ0v) is 16.9. The Hall–Kier alpha value is -2.79. The molecule has 3 aromatic rings. The number of thiophene rings is 1. The molecule has 0 bridgehead atoms. The Labute approximate surface area is 170 Å². The quantitative estimate of drug-likeness (QED) is 0.649. The third kappa shape index (κ3) is 4.01. The number of amides is 1. The summed E-state index contributed by atoms with van der Waals surface area (Å²) in [5.74, 6) is 0.150. The van der Waals surface area contributed by atoms with Gasteiger partial charge in [-0.15, -0.1) is 16.4 Å². The van der Waals surface area contributed by atoms with Gasteiger partial charge in [-0.05, 0) is 31.2 Å². The highest BCUT2D eigenvalue weighted by atomic mass is 32.1. The maximum absolute atomic E-state index is 12.6. The van der Waals surface area contributed by atoms with Crippen LogP contribution in [0.2, 0.25) is 0 Å². The molecular weight excluding hydrogens is 396 g/mol. The first kappa shape index (κ1) is 19.5. The van der Waals surface area contributed by atoms with Crippen molar-refractivity contribution < 1.29 is 14.3 Å². The van der Waals surface area contributed by atoms with Crippen molar-refractivity contribution in [3.63, 3.8) is 0 Å². The number of carbonyl (C=O) groups excluding carboxylic acids is 1. The average Bonchev–Trinajstić information content (AvgIpc) is 3.33. The summed E-state index contributed by atoms with van der Waals surface area (Å²) in [7, 11) is 0. The van der Waals surface area contributed by atoms with Crippen molar-refractivity contribution in [2.75, 3.05) is 6.61 Å². The molecule has 11 heteroatoms. The maximum atomic E-state index is 12.6. The fraction of sp³-hybridized carbons (Fsp3) is 0.500. The normalized spacial score (nSPS) is 18.2. The van der Waals surface area contributed by atoms with Crippen LogP contribution in [0.5, 0.6) is 0 Å². The molecule has 1 amide bonds. The van der Waals surface area contributed by atoms with E-state index in [1.54, 1.807) is 17.1 Å². The van der Waals surface area contributed by atoms with Crippen molar-refractivity contribution in [3.05, 3.63) is 28.4 Å². The Morgan fingerprint density at radius 1 is 1.45 bits per heavy atom. The van der Waals surface area contributed by atoms with E-state index in [1.165, 1.54) is 11.3 Å². The number of hydrogen-bond acceptors (Lipinski definition) is 8. The van der Waals surface area contributed by atoms with Gasteiger partial charge in [0.25, 0.3) is 5.56 Å². The van der Waals surface area contributed by atoms with E-state index >= 15 is 0 Å². The molecule has 0 spiro atoms. The number of hydrogen-bond donors (Lipinski definition) is 2. The number of nitrogens with zero attached hydrogens (tertiary/aromatic N) is 4. The second kappa shape index (κ2) is 7.91.